The van der Waals surface area contributed by atoms with Gasteiger partial charge in [0.1, 0.15) is 11.3 Å². The first-order valence-electron chi connectivity index (χ1n) is 9.90. The number of anilines is 1. The Morgan fingerprint density at radius 1 is 1.28 bits per heavy atom. The maximum absolute atomic E-state index is 11.4. The van der Waals surface area contributed by atoms with E-state index < -0.39 is 9.84 Å². The predicted octanol–water partition coefficient (Wildman–Crippen LogP) is 3.17. The Morgan fingerprint density at radius 2 is 2.03 bits per heavy atom. The quantitative estimate of drug-likeness (QED) is 0.688. The first-order valence-corrected chi connectivity index (χ1v) is 11.9. The molecule has 154 valence electrons. The summed E-state index contributed by atoms with van der Waals surface area (Å²) < 4.78 is 30.6. The zero-order valence-electron chi connectivity index (χ0n) is 16.8. The SMILES string of the molecule is CCc1nc2c(N)nc3cc(/C=C/S(C)(=O)=O)ccc3c2n1CC1CCOCC1. The number of pyridine rings is 1. The number of sulfone groups is 1. The van der Waals surface area contributed by atoms with Crippen molar-refractivity contribution in [3.63, 3.8) is 0 Å². The van der Waals surface area contributed by atoms with Gasteiger partial charge in [-0.1, -0.05) is 19.1 Å². The summed E-state index contributed by atoms with van der Waals surface area (Å²) in [7, 11) is -3.19. The third-order valence-corrected chi connectivity index (χ3v) is 6.04. The average molecular weight is 415 g/mol. The lowest BCUT2D eigenvalue weighted by Gasteiger charge is -2.23. The highest BCUT2D eigenvalue weighted by Crippen LogP contribution is 2.31. The highest BCUT2D eigenvalue weighted by atomic mass is 32.2. The summed E-state index contributed by atoms with van der Waals surface area (Å²) in [6, 6.07) is 5.75. The van der Waals surface area contributed by atoms with Gasteiger partial charge < -0.3 is 15.0 Å². The number of benzene rings is 1. The van der Waals surface area contributed by atoms with Crippen LogP contribution in [-0.2, 0) is 27.5 Å². The number of rotatable bonds is 5. The topological polar surface area (TPSA) is 100 Å². The molecular weight excluding hydrogens is 388 g/mol. The third kappa shape index (κ3) is 4.13. The highest BCUT2D eigenvalue weighted by molar-refractivity contribution is 7.93. The fourth-order valence-electron chi connectivity index (χ4n) is 3.93. The number of nitrogens with two attached hydrogens (primary N) is 1. The van der Waals surface area contributed by atoms with Crippen LogP contribution in [0.4, 0.5) is 5.82 Å². The molecule has 0 aliphatic carbocycles. The Balaban J connectivity index is 1.86. The molecule has 0 bridgehead atoms. The molecule has 7 nitrogen and oxygen atoms in total. The van der Waals surface area contributed by atoms with E-state index in [1.54, 1.807) is 6.08 Å². The first-order chi connectivity index (χ1) is 13.9. The second-order valence-corrected chi connectivity index (χ2v) is 9.58. The van der Waals surface area contributed by atoms with Crippen LogP contribution in [0.1, 0.15) is 31.2 Å². The van der Waals surface area contributed by atoms with Gasteiger partial charge in [-0.15, -0.1) is 0 Å². The molecule has 0 atom stereocenters. The van der Waals surface area contributed by atoms with E-state index in [4.69, 9.17) is 15.5 Å². The lowest BCUT2D eigenvalue weighted by Crippen LogP contribution is -2.21. The second kappa shape index (κ2) is 7.76. The molecule has 1 aromatic carbocycles. The first kappa shape index (κ1) is 19.8. The largest absolute Gasteiger partial charge is 0.382 e. The average Bonchev–Trinajstić information content (AvgIpc) is 3.06. The Bertz CT molecular complexity index is 1190. The summed E-state index contributed by atoms with van der Waals surface area (Å²) in [5.41, 5.74) is 9.51. The monoisotopic (exact) mass is 414 g/mol. The minimum absolute atomic E-state index is 0.400. The number of fused-ring (bicyclic) bond motifs is 3. The van der Waals surface area contributed by atoms with E-state index in [0.29, 0.717) is 11.7 Å². The van der Waals surface area contributed by atoms with Gasteiger partial charge in [-0.25, -0.2) is 18.4 Å². The molecule has 1 fully saturated rings. The second-order valence-electron chi connectivity index (χ2n) is 7.65. The maximum atomic E-state index is 11.4. The molecular formula is C21H26N4O3S. The molecule has 1 saturated heterocycles. The van der Waals surface area contributed by atoms with E-state index in [1.165, 1.54) is 11.7 Å². The van der Waals surface area contributed by atoms with E-state index in [0.717, 1.165) is 72.3 Å². The lowest BCUT2D eigenvalue weighted by molar-refractivity contribution is 0.0614. The van der Waals surface area contributed by atoms with Crippen molar-refractivity contribution in [1.29, 1.82) is 0 Å². The third-order valence-electron chi connectivity index (χ3n) is 5.41. The Kier molecular flexibility index (Phi) is 5.31. The molecule has 1 aliphatic rings. The van der Waals surface area contributed by atoms with Crippen molar-refractivity contribution < 1.29 is 13.2 Å². The molecule has 29 heavy (non-hydrogen) atoms. The van der Waals surface area contributed by atoms with Gasteiger partial charge in [-0.3, -0.25) is 0 Å². The van der Waals surface area contributed by atoms with Gasteiger partial charge in [0, 0.05) is 43.2 Å². The molecule has 0 spiro atoms. The zero-order valence-corrected chi connectivity index (χ0v) is 17.6. The van der Waals surface area contributed by atoms with Crippen LogP contribution in [0, 0.1) is 5.92 Å². The molecule has 2 N–H and O–H groups in total. The van der Waals surface area contributed by atoms with Crippen LogP contribution >= 0.6 is 0 Å². The van der Waals surface area contributed by atoms with E-state index >= 15 is 0 Å². The summed E-state index contributed by atoms with van der Waals surface area (Å²) in [5.74, 6) is 1.96. The van der Waals surface area contributed by atoms with Crippen molar-refractivity contribution in [2.75, 3.05) is 25.2 Å². The van der Waals surface area contributed by atoms with Crippen LogP contribution in [-0.4, -0.2) is 42.4 Å². The van der Waals surface area contributed by atoms with Crippen molar-refractivity contribution in [1.82, 2.24) is 14.5 Å². The summed E-state index contributed by atoms with van der Waals surface area (Å²) in [6.45, 7) is 4.59. The van der Waals surface area contributed by atoms with Crippen molar-refractivity contribution in [2.45, 2.75) is 32.7 Å². The van der Waals surface area contributed by atoms with E-state index in [9.17, 15) is 8.42 Å². The van der Waals surface area contributed by atoms with Gasteiger partial charge in [0.25, 0.3) is 0 Å². The maximum Gasteiger partial charge on any atom is 0.168 e. The van der Waals surface area contributed by atoms with Gasteiger partial charge in [0.05, 0.1) is 11.0 Å². The molecule has 1 aliphatic heterocycles. The zero-order chi connectivity index (χ0) is 20.6. The molecule has 4 rings (SSSR count). The summed E-state index contributed by atoms with van der Waals surface area (Å²) in [4.78, 5) is 9.33. The molecule has 0 unspecified atom stereocenters. The van der Waals surface area contributed by atoms with E-state index in [-0.39, 0.29) is 0 Å². The van der Waals surface area contributed by atoms with Crippen LogP contribution < -0.4 is 5.73 Å². The highest BCUT2D eigenvalue weighted by Gasteiger charge is 2.21. The Labute approximate surface area is 170 Å². The van der Waals surface area contributed by atoms with Gasteiger partial charge in [-0.2, -0.15) is 0 Å². The number of imidazole rings is 1. The number of hydrogen-bond donors (Lipinski definition) is 1. The molecule has 3 heterocycles. The van der Waals surface area contributed by atoms with Crippen molar-refractivity contribution in [3.05, 3.63) is 35.0 Å². The Morgan fingerprint density at radius 3 is 2.72 bits per heavy atom. The predicted molar refractivity (Wildman–Crippen MR) is 116 cm³/mol. The fraction of sp³-hybridized carbons (Fsp3) is 0.429. The minimum atomic E-state index is -3.19. The van der Waals surface area contributed by atoms with Gasteiger partial charge in [0.2, 0.25) is 0 Å². The van der Waals surface area contributed by atoms with Crippen LogP contribution in [0.2, 0.25) is 0 Å². The summed E-state index contributed by atoms with van der Waals surface area (Å²) in [5, 5.41) is 2.17. The van der Waals surface area contributed by atoms with Crippen molar-refractivity contribution >= 4 is 43.7 Å². The number of hydrogen-bond acceptors (Lipinski definition) is 6. The van der Waals surface area contributed by atoms with Crippen LogP contribution in [0.3, 0.4) is 0 Å². The van der Waals surface area contributed by atoms with Crippen molar-refractivity contribution in [3.8, 4) is 0 Å². The van der Waals surface area contributed by atoms with Crippen LogP contribution in [0.15, 0.2) is 23.6 Å². The van der Waals surface area contributed by atoms with Gasteiger partial charge in [0.15, 0.2) is 15.7 Å². The smallest absolute Gasteiger partial charge is 0.168 e. The minimum Gasteiger partial charge on any atom is -0.382 e. The van der Waals surface area contributed by atoms with Crippen LogP contribution in [0.25, 0.3) is 28.0 Å². The van der Waals surface area contributed by atoms with E-state index in [2.05, 4.69) is 16.5 Å². The fourth-order valence-corrected chi connectivity index (χ4v) is 4.34. The summed E-state index contributed by atoms with van der Waals surface area (Å²) in [6.07, 6.45) is 5.65. The van der Waals surface area contributed by atoms with Gasteiger partial charge in [-0.05, 0) is 36.5 Å². The molecule has 0 saturated carbocycles. The van der Waals surface area contributed by atoms with Crippen molar-refractivity contribution in [2.24, 2.45) is 5.92 Å². The molecule has 3 aromatic rings. The number of nitrogen functional groups attached to an aromatic ring is 1. The molecule has 0 radical (unpaired) electrons. The summed E-state index contributed by atoms with van der Waals surface area (Å²) >= 11 is 0. The normalized spacial score (nSPS) is 16.3. The number of nitrogens with zero attached hydrogens (tertiary/aromatic N) is 3. The lowest BCUT2D eigenvalue weighted by atomic mass is 10.00. The number of aryl methyl sites for hydroxylation is 1. The van der Waals surface area contributed by atoms with Crippen LogP contribution in [0.5, 0.6) is 0 Å². The van der Waals surface area contributed by atoms with Gasteiger partial charge >= 0.3 is 0 Å². The number of aromatic nitrogens is 3. The van der Waals surface area contributed by atoms with E-state index in [1.807, 2.05) is 18.2 Å². The molecule has 8 heteroatoms. The molecule has 0 amide bonds. The number of ether oxygens (including phenoxy) is 1. The standard InChI is InChI=1S/C21H26N4O3S/c1-3-18-24-19-20(25(18)13-15-6-9-28-10-7-15)16-5-4-14(8-11-29(2,26)27)12-17(16)23-21(19)22/h4-5,8,11-12,15H,3,6-7,9-10,13H2,1-2H3,(H2,22,23)/b11-8+. The Hall–Kier alpha value is -2.45. The molecule has 2 aromatic heterocycles.